The van der Waals surface area contributed by atoms with Crippen LogP contribution in [0.15, 0.2) is 30.5 Å². The Balaban J connectivity index is 2.10. The fourth-order valence-corrected chi connectivity index (χ4v) is 2.58. The third-order valence-electron chi connectivity index (χ3n) is 3.76. The van der Waals surface area contributed by atoms with E-state index in [1.807, 2.05) is 24.3 Å². The first-order chi connectivity index (χ1) is 10.3. The molecular formula is C17H24N2O2. The van der Waals surface area contributed by atoms with Crippen LogP contribution < -0.4 is 0 Å². The van der Waals surface area contributed by atoms with Gasteiger partial charge in [0.2, 0.25) is 0 Å². The molecule has 21 heavy (non-hydrogen) atoms. The van der Waals surface area contributed by atoms with E-state index in [0.29, 0.717) is 18.7 Å². The van der Waals surface area contributed by atoms with E-state index in [1.54, 1.807) is 11.1 Å². The lowest BCUT2D eigenvalue weighted by Crippen LogP contribution is -2.34. The number of fused-ring (bicyclic) bond motifs is 1. The van der Waals surface area contributed by atoms with Crippen molar-refractivity contribution in [3.05, 3.63) is 36.0 Å². The highest BCUT2D eigenvalue weighted by Gasteiger charge is 2.18. The minimum atomic E-state index is -0.00185. The van der Waals surface area contributed by atoms with Crippen molar-refractivity contribution in [2.24, 2.45) is 0 Å². The molecule has 0 unspecified atom stereocenters. The average Bonchev–Trinajstić information content (AvgIpc) is 2.94. The van der Waals surface area contributed by atoms with E-state index in [-0.39, 0.29) is 12.5 Å². The van der Waals surface area contributed by atoms with Crippen molar-refractivity contribution in [1.29, 1.82) is 0 Å². The van der Waals surface area contributed by atoms with Crippen LogP contribution in [0.5, 0.6) is 0 Å². The van der Waals surface area contributed by atoms with Gasteiger partial charge in [-0.1, -0.05) is 44.4 Å². The highest BCUT2D eigenvalue weighted by atomic mass is 16.3. The predicted molar refractivity (Wildman–Crippen MR) is 85.4 cm³/mol. The number of para-hydroxylation sites is 1. The molecule has 1 aromatic carbocycles. The molecule has 2 rings (SSSR count). The molecule has 114 valence electrons. The lowest BCUT2D eigenvalue weighted by molar-refractivity contribution is 0.0720. The molecule has 1 amide bonds. The number of amides is 1. The predicted octanol–water partition coefficient (Wildman–Crippen LogP) is 3.18. The van der Waals surface area contributed by atoms with Crippen molar-refractivity contribution >= 4 is 16.8 Å². The molecule has 2 aromatic rings. The van der Waals surface area contributed by atoms with Gasteiger partial charge in [-0.05, 0) is 12.5 Å². The number of aromatic amines is 1. The third-order valence-corrected chi connectivity index (χ3v) is 3.76. The Morgan fingerprint density at radius 2 is 2.00 bits per heavy atom. The van der Waals surface area contributed by atoms with E-state index < -0.39 is 0 Å². The van der Waals surface area contributed by atoms with Gasteiger partial charge in [-0.3, -0.25) is 4.79 Å². The Bertz CT molecular complexity index is 577. The minimum Gasteiger partial charge on any atom is -0.395 e. The molecule has 4 nitrogen and oxygen atoms in total. The maximum atomic E-state index is 12.7. The van der Waals surface area contributed by atoms with Gasteiger partial charge < -0.3 is 15.0 Å². The smallest absolute Gasteiger partial charge is 0.256 e. The summed E-state index contributed by atoms with van der Waals surface area (Å²) in [6, 6.07) is 7.80. The van der Waals surface area contributed by atoms with Crippen LogP contribution in [-0.2, 0) is 0 Å². The number of unbranched alkanes of at least 4 members (excludes halogenated alkanes) is 3. The third kappa shape index (κ3) is 3.85. The van der Waals surface area contributed by atoms with Crippen LogP contribution in [0.3, 0.4) is 0 Å². The maximum Gasteiger partial charge on any atom is 0.256 e. The number of nitrogens with one attached hydrogen (secondary N) is 1. The number of hydrogen-bond acceptors (Lipinski definition) is 2. The quantitative estimate of drug-likeness (QED) is 0.733. The second-order valence-electron chi connectivity index (χ2n) is 5.32. The van der Waals surface area contributed by atoms with Crippen LogP contribution in [0.1, 0.15) is 43.0 Å². The first-order valence-corrected chi connectivity index (χ1v) is 7.74. The molecule has 0 bridgehead atoms. The monoisotopic (exact) mass is 288 g/mol. The SMILES string of the molecule is CCCCCCN(CCO)C(=O)c1c[nH]c2ccccc12. The summed E-state index contributed by atoms with van der Waals surface area (Å²) in [7, 11) is 0. The highest BCUT2D eigenvalue weighted by molar-refractivity contribution is 6.06. The Kier molecular flexibility index (Phi) is 5.81. The zero-order valence-electron chi connectivity index (χ0n) is 12.6. The van der Waals surface area contributed by atoms with Gasteiger partial charge in [0.15, 0.2) is 0 Å². The Morgan fingerprint density at radius 1 is 1.19 bits per heavy atom. The molecular weight excluding hydrogens is 264 g/mol. The molecule has 0 aliphatic carbocycles. The molecule has 0 saturated heterocycles. The van der Waals surface area contributed by atoms with Crippen LogP contribution in [0.2, 0.25) is 0 Å². The summed E-state index contributed by atoms with van der Waals surface area (Å²) in [5.41, 5.74) is 1.66. The van der Waals surface area contributed by atoms with Gasteiger partial charge in [0, 0.05) is 30.2 Å². The fraction of sp³-hybridized carbons (Fsp3) is 0.471. The molecule has 1 aromatic heterocycles. The molecule has 0 spiro atoms. The number of rotatable bonds is 8. The lowest BCUT2D eigenvalue weighted by Gasteiger charge is -2.21. The van der Waals surface area contributed by atoms with E-state index in [1.165, 1.54) is 12.8 Å². The van der Waals surface area contributed by atoms with E-state index in [4.69, 9.17) is 0 Å². The zero-order chi connectivity index (χ0) is 15.1. The van der Waals surface area contributed by atoms with Gasteiger partial charge in [-0.15, -0.1) is 0 Å². The maximum absolute atomic E-state index is 12.7. The first kappa shape index (κ1) is 15.6. The number of aromatic nitrogens is 1. The summed E-state index contributed by atoms with van der Waals surface area (Å²) < 4.78 is 0. The van der Waals surface area contributed by atoms with Gasteiger partial charge in [0.25, 0.3) is 5.91 Å². The topological polar surface area (TPSA) is 56.3 Å². The fourth-order valence-electron chi connectivity index (χ4n) is 2.58. The van der Waals surface area contributed by atoms with Crippen molar-refractivity contribution in [3.63, 3.8) is 0 Å². The average molecular weight is 288 g/mol. The van der Waals surface area contributed by atoms with Crippen molar-refractivity contribution in [2.75, 3.05) is 19.7 Å². The summed E-state index contributed by atoms with van der Waals surface area (Å²) in [6.07, 6.45) is 6.25. The first-order valence-electron chi connectivity index (χ1n) is 7.74. The Hall–Kier alpha value is -1.81. The summed E-state index contributed by atoms with van der Waals surface area (Å²) in [6.45, 7) is 3.27. The number of hydrogen-bond donors (Lipinski definition) is 2. The van der Waals surface area contributed by atoms with Crippen LogP contribution >= 0.6 is 0 Å². The Labute approximate surface area is 125 Å². The number of H-pyrrole nitrogens is 1. The number of nitrogens with zero attached hydrogens (tertiary/aromatic N) is 1. The summed E-state index contributed by atoms with van der Waals surface area (Å²) in [5, 5.41) is 10.1. The number of aliphatic hydroxyl groups excluding tert-OH is 1. The molecule has 0 atom stereocenters. The van der Waals surface area contributed by atoms with Crippen molar-refractivity contribution in [3.8, 4) is 0 Å². The van der Waals surface area contributed by atoms with Crippen molar-refractivity contribution in [1.82, 2.24) is 9.88 Å². The van der Waals surface area contributed by atoms with Crippen LogP contribution in [0.25, 0.3) is 10.9 Å². The van der Waals surface area contributed by atoms with Crippen LogP contribution in [0, 0.1) is 0 Å². The number of aliphatic hydroxyl groups is 1. The van der Waals surface area contributed by atoms with Gasteiger partial charge in [-0.25, -0.2) is 0 Å². The van der Waals surface area contributed by atoms with E-state index in [9.17, 15) is 9.90 Å². The molecule has 0 radical (unpaired) electrons. The van der Waals surface area contributed by atoms with E-state index >= 15 is 0 Å². The highest BCUT2D eigenvalue weighted by Crippen LogP contribution is 2.19. The normalized spacial score (nSPS) is 11.0. The minimum absolute atomic E-state index is 0.00185. The molecule has 0 aliphatic heterocycles. The molecule has 4 heteroatoms. The number of carbonyl (C=O) groups excluding carboxylic acids is 1. The van der Waals surface area contributed by atoms with Crippen LogP contribution in [-0.4, -0.2) is 40.6 Å². The molecule has 2 N–H and O–H groups in total. The molecule has 0 saturated carbocycles. The zero-order valence-corrected chi connectivity index (χ0v) is 12.6. The summed E-state index contributed by atoms with van der Waals surface area (Å²) in [5.74, 6) is -0.00185. The van der Waals surface area contributed by atoms with Gasteiger partial charge in [-0.2, -0.15) is 0 Å². The largest absolute Gasteiger partial charge is 0.395 e. The molecule has 0 fully saturated rings. The second kappa shape index (κ2) is 7.84. The van der Waals surface area contributed by atoms with Crippen LogP contribution in [0.4, 0.5) is 0 Å². The van der Waals surface area contributed by atoms with Gasteiger partial charge >= 0.3 is 0 Å². The Morgan fingerprint density at radius 3 is 2.76 bits per heavy atom. The van der Waals surface area contributed by atoms with E-state index in [0.717, 1.165) is 23.7 Å². The number of benzene rings is 1. The van der Waals surface area contributed by atoms with Gasteiger partial charge in [0.1, 0.15) is 0 Å². The molecule has 0 aliphatic rings. The lowest BCUT2D eigenvalue weighted by atomic mass is 10.1. The second-order valence-corrected chi connectivity index (χ2v) is 5.32. The van der Waals surface area contributed by atoms with Crippen molar-refractivity contribution < 1.29 is 9.90 Å². The summed E-state index contributed by atoms with van der Waals surface area (Å²) in [4.78, 5) is 17.6. The molecule has 1 heterocycles. The van der Waals surface area contributed by atoms with Crippen molar-refractivity contribution in [2.45, 2.75) is 32.6 Å². The standard InChI is InChI=1S/C17H24N2O2/c1-2-3-4-7-10-19(11-12-20)17(21)15-13-18-16-9-6-5-8-14(15)16/h5-6,8-9,13,18,20H,2-4,7,10-12H2,1H3. The number of carbonyl (C=O) groups is 1. The summed E-state index contributed by atoms with van der Waals surface area (Å²) >= 11 is 0. The van der Waals surface area contributed by atoms with E-state index in [2.05, 4.69) is 11.9 Å². The van der Waals surface area contributed by atoms with Gasteiger partial charge in [0.05, 0.1) is 12.2 Å².